The molecule has 0 aliphatic carbocycles. The van der Waals surface area contributed by atoms with Crippen LogP contribution in [0.15, 0.2) is 17.1 Å². The molecule has 0 saturated carbocycles. The molecule has 0 spiro atoms. The quantitative estimate of drug-likeness (QED) is 0.477. The van der Waals surface area contributed by atoms with Gasteiger partial charge in [0.25, 0.3) is 0 Å². The molecule has 3 radical (unpaired) electrons. The minimum absolute atomic E-state index is 0. The molecule has 0 aliphatic rings. The minimum Gasteiger partial charge on any atom is -0.253 e. The maximum Gasteiger partial charge on any atom is 0.0791 e. The van der Waals surface area contributed by atoms with E-state index in [0.29, 0.717) is 0 Å². The second-order valence-corrected chi connectivity index (χ2v) is 1.43. The monoisotopic (exact) mass is 98.0 g/mol. The van der Waals surface area contributed by atoms with E-state index in [0.717, 1.165) is 0 Å². The van der Waals surface area contributed by atoms with Crippen molar-refractivity contribution >= 4 is 11.3 Å². The lowest BCUT2D eigenvalue weighted by Gasteiger charge is -1.41. The van der Waals surface area contributed by atoms with E-state index in [1.54, 1.807) is 23.0 Å². The Kier molecular flexibility index (Phi) is 2.67. The number of hydrogen-bond acceptors (Lipinski definition) is 2. The summed E-state index contributed by atoms with van der Waals surface area (Å²) in [5.74, 6) is 0. The van der Waals surface area contributed by atoms with E-state index in [2.05, 4.69) is 4.98 Å². The van der Waals surface area contributed by atoms with E-state index in [-0.39, 0.29) is 7.43 Å². The van der Waals surface area contributed by atoms with Crippen LogP contribution in [0.5, 0.6) is 0 Å². The van der Waals surface area contributed by atoms with Crippen molar-refractivity contribution in [2.75, 3.05) is 0 Å². The highest BCUT2D eigenvalue weighted by molar-refractivity contribution is 7.07. The standard InChI is InChI=1S/C3H3NS.CH/c1-2-5-3-4-1;/h1-3H;1H. The van der Waals surface area contributed by atoms with Crippen LogP contribution >= 0.6 is 11.3 Å². The van der Waals surface area contributed by atoms with Gasteiger partial charge in [0.1, 0.15) is 0 Å². The smallest absolute Gasteiger partial charge is 0.0791 e. The summed E-state index contributed by atoms with van der Waals surface area (Å²) >= 11 is 1.60. The Bertz CT molecular complexity index is 64.0. The SMILES string of the molecule is [CH].c1cscn1. The number of hydrogen-bond donors (Lipinski definition) is 0. The highest BCUT2D eigenvalue weighted by atomic mass is 32.1. The fourth-order valence-electron chi connectivity index (χ4n) is 0.176. The Labute approximate surface area is 41.7 Å². The van der Waals surface area contributed by atoms with Crippen LogP contribution in [0.25, 0.3) is 0 Å². The van der Waals surface area contributed by atoms with Crippen LogP contribution in [0, 0.1) is 7.43 Å². The molecule has 31 valence electrons. The molecule has 1 aromatic rings. The number of thiazole rings is 1. The molecular weight excluding hydrogens is 94.1 g/mol. The summed E-state index contributed by atoms with van der Waals surface area (Å²) in [6, 6.07) is 0. The van der Waals surface area contributed by atoms with Crippen molar-refractivity contribution < 1.29 is 0 Å². The zero-order valence-electron chi connectivity index (χ0n) is 3.16. The molecule has 0 saturated heterocycles. The highest BCUT2D eigenvalue weighted by Crippen LogP contribution is 1.85. The van der Waals surface area contributed by atoms with Crippen LogP contribution < -0.4 is 0 Å². The molecule has 0 fully saturated rings. The summed E-state index contributed by atoms with van der Waals surface area (Å²) in [5.41, 5.74) is 1.79. The fourth-order valence-corrected chi connectivity index (χ4v) is 0.527. The molecule has 1 nitrogen and oxygen atoms in total. The third-order valence-corrected chi connectivity index (χ3v) is 0.869. The summed E-state index contributed by atoms with van der Waals surface area (Å²) in [5, 5.41) is 1.93. The lowest BCUT2D eigenvalue weighted by molar-refractivity contribution is 1.43. The predicted octanol–water partition coefficient (Wildman–Crippen LogP) is 1.35. The van der Waals surface area contributed by atoms with Gasteiger partial charge in [0, 0.05) is 11.6 Å². The zero-order chi connectivity index (χ0) is 3.54. The molecule has 0 N–H and O–H groups in total. The lowest BCUT2D eigenvalue weighted by atomic mass is 11.0. The number of rotatable bonds is 0. The highest BCUT2D eigenvalue weighted by Gasteiger charge is 1.59. The van der Waals surface area contributed by atoms with Gasteiger partial charge in [-0.3, -0.25) is 4.98 Å². The maximum absolute atomic E-state index is 3.74. The topological polar surface area (TPSA) is 12.9 Å². The van der Waals surface area contributed by atoms with Gasteiger partial charge in [0.05, 0.1) is 5.51 Å². The van der Waals surface area contributed by atoms with Gasteiger partial charge in [-0.05, 0) is 7.43 Å². The third-order valence-electron chi connectivity index (χ3n) is 0.347. The number of aromatic nitrogens is 1. The van der Waals surface area contributed by atoms with Crippen LogP contribution in [0.1, 0.15) is 0 Å². The molecule has 6 heavy (non-hydrogen) atoms. The van der Waals surface area contributed by atoms with Gasteiger partial charge in [-0.2, -0.15) is 0 Å². The van der Waals surface area contributed by atoms with Crippen LogP contribution in [-0.4, -0.2) is 4.98 Å². The summed E-state index contributed by atoms with van der Waals surface area (Å²) in [6.07, 6.45) is 1.77. The van der Waals surface area contributed by atoms with Crippen molar-refractivity contribution in [3.05, 3.63) is 24.5 Å². The van der Waals surface area contributed by atoms with Crippen molar-refractivity contribution in [2.24, 2.45) is 0 Å². The first-order chi connectivity index (χ1) is 2.50. The predicted molar refractivity (Wildman–Crippen MR) is 26.4 cm³/mol. The summed E-state index contributed by atoms with van der Waals surface area (Å²) < 4.78 is 0. The zero-order valence-corrected chi connectivity index (χ0v) is 3.98. The average Bonchev–Trinajstić information content (AvgIpc) is 1.76. The molecule has 1 rings (SSSR count). The number of nitrogens with zero attached hydrogens (tertiary/aromatic N) is 1. The van der Waals surface area contributed by atoms with Crippen molar-refractivity contribution in [3.63, 3.8) is 0 Å². The van der Waals surface area contributed by atoms with Crippen molar-refractivity contribution in [3.8, 4) is 0 Å². The molecule has 0 atom stereocenters. The van der Waals surface area contributed by atoms with Gasteiger partial charge in [-0.25, -0.2) is 0 Å². The fraction of sp³-hybridized carbons (Fsp3) is 0. The van der Waals surface area contributed by atoms with E-state index in [1.807, 2.05) is 5.38 Å². The van der Waals surface area contributed by atoms with Gasteiger partial charge >= 0.3 is 0 Å². The molecule has 1 heterocycles. The van der Waals surface area contributed by atoms with Crippen molar-refractivity contribution in [2.45, 2.75) is 0 Å². The first-order valence-electron chi connectivity index (χ1n) is 1.32. The van der Waals surface area contributed by atoms with E-state index >= 15 is 0 Å². The molecule has 0 bridgehead atoms. The van der Waals surface area contributed by atoms with E-state index in [9.17, 15) is 0 Å². The minimum atomic E-state index is 0. The molecular formula is C4H4NS. The Balaban J connectivity index is 0.000000250. The van der Waals surface area contributed by atoms with Crippen LogP contribution in [0.2, 0.25) is 0 Å². The maximum atomic E-state index is 3.74. The summed E-state index contributed by atoms with van der Waals surface area (Å²) in [4.78, 5) is 3.74. The Morgan fingerprint density at radius 3 is 2.50 bits per heavy atom. The van der Waals surface area contributed by atoms with Gasteiger partial charge in [-0.1, -0.05) is 0 Å². The van der Waals surface area contributed by atoms with Crippen molar-refractivity contribution in [1.29, 1.82) is 0 Å². The molecule has 0 amide bonds. The normalized spacial score (nSPS) is 6.67. The molecule has 0 unspecified atom stereocenters. The summed E-state index contributed by atoms with van der Waals surface area (Å²) in [6.45, 7) is 0. The van der Waals surface area contributed by atoms with Gasteiger partial charge < -0.3 is 0 Å². The van der Waals surface area contributed by atoms with Crippen LogP contribution in [-0.2, 0) is 0 Å². The third kappa shape index (κ3) is 1.17. The lowest BCUT2D eigenvalue weighted by Crippen LogP contribution is -1.38. The van der Waals surface area contributed by atoms with Gasteiger partial charge in [0.15, 0.2) is 0 Å². The van der Waals surface area contributed by atoms with E-state index in [1.165, 1.54) is 0 Å². The Morgan fingerprint density at radius 1 is 1.50 bits per heavy atom. The van der Waals surface area contributed by atoms with Crippen LogP contribution in [0.3, 0.4) is 0 Å². The molecule has 0 aliphatic heterocycles. The molecule has 1 aromatic heterocycles. The van der Waals surface area contributed by atoms with Crippen LogP contribution in [0.4, 0.5) is 0 Å². The van der Waals surface area contributed by atoms with Crippen molar-refractivity contribution in [1.82, 2.24) is 4.98 Å². The average molecular weight is 98.1 g/mol. The summed E-state index contributed by atoms with van der Waals surface area (Å²) in [7, 11) is 0. The largest absolute Gasteiger partial charge is 0.253 e. The first kappa shape index (κ1) is 5.63. The second-order valence-electron chi connectivity index (χ2n) is 0.676. The molecule has 2 heteroatoms. The second kappa shape index (κ2) is 2.85. The Hall–Kier alpha value is -0.370. The Morgan fingerprint density at radius 2 is 2.33 bits per heavy atom. The first-order valence-corrected chi connectivity index (χ1v) is 2.26. The van der Waals surface area contributed by atoms with E-state index in [4.69, 9.17) is 0 Å². The van der Waals surface area contributed by atoms with Gasteiger partial charge in [-0.15, -0.1) is 11.3 Å². The van der Waals surface area contributed by atoms with Gasteiger partial charge in [0.2, 0.25) is 0 Å². The van der Waals surface area contributed by atoms with E-state index < -0.39 is 0 Å². The molecule has 0 aromatic carbocycles.